The van der Waals surface area contributed by atoms with Crippen LogP contribution in [0.1, 0.15) is 64.5 Å². The minimum absolute atomic E-state index is 0.0220. The van der Waals surface area contributed by atoms with Gasteiger partial charge in [0, 0.05) is 42.1 Å². The number of ether oxygens (including phenoxy) is 1. The van der Waals surface area contributed by atoms with Gasteiger partial charge in [-0.2, -0.15) is 13.2 Å². The van der Waals surface area contributed by atoms with Crippen molar-refractivity contribution in [2.45, 2.75) is 90.3 Å². The smallest absolute Gasteiger partial charge is 0.416 e. The number of likely N-dealkylation sites (tertiary alicyclic amines) is 1. The molecule has 1 amide bonds. The van der Waals surface area contributed by atoms with Crippen molar-refractivity contribution in [3.63, 3.8) is 0 Å². The van der Waals surface area contributed by atoms with E-state index in [1.54, 1.807) is 18.5 Å². The summed E-state index contributed by atoms with van der Waals surface area (Å²) in [6, 6.07) is 3.32. The first kappa shape index (κ1) is 28.1. The van der Waals surface area contributed by atoms with Gasteiger partial charge in [0.05, 0.1) is 11.7 Å². The molecule has 0 radical (unpaired) electrons. The molecule has 1 aliphatic rings. The van der Waals surface area contributed by atoms with Gasteiger partial charge >= 0.3 is 12.3 Å². The predicted molar refractivity (Wildman–Crippen MR) is 137 cm³/mol. The van der Waals surface area contributed by atoms with E-state index in [4.69, 9.17) is 16.3 Å². The second-order valence-corrected chi connectivity index (χ2v) is 10.1. The molecule has 2 aromatic rings. The summed E-state index contributed by atoms with van der Waals surface area (Å²) in [5.74, 6) is 0.432. The van der Waals surface area contributed by atoms with Crippen molar-refractivity contribution in [2.24, 2.45) is 0 Å². The second kappa shape index (κ2) is 11.7. The van der Waals surface area contributed by atoms with Gasteiger partial charge in [0.15, 0.2) is 0 Å². The lowest BCUT2D eigenvalue weighted by molar-refractivity contribution is -0.137. The van der Waals surface area contributed by atoms with E-state index >= 15 is 0 Å². The molecule has 3 rings (SSSR count). The van der Waals surface area contributed by atoms with Crippen LogP contribution in [0.15, 0.2) is 30.6 Å². The standard InChI is InChI=1S/C25H33BClF3N4O2/c1-5-20-10-22(11-21(6-2)34(20)24(35)36-15(3)4)33(23-31-12-18(26)13-32-23)14-16-7-17(25(28,29)30)9-19(27)8-16/h7-9,12-13,15,20-22H,5-6,10-11,14,26H2,1-4H3/t20-,21+,22+. The number of amides is 1. The van der Waals surface area contributed by atoms with Crippen molar-refractivity contribution in [1.29, 1.82) is 0 Å². The van der Waals surface area contributed by atoms with Gasteiger partial charge in [-0.25, -0.2) is 14.8 Å². The van der Waals surface area contributed by atoms with E-state index in [1.807, 2.05) is 45.3 Å². The lowest BCUT2D eigenvalue weighted by atomic mass is 9.87. The van der Waals surface area contributed by atoms with Crippen LogP contribution in [0.2, 0.25) is 5.02 Å². The number of benzene rings is 1. The molecular formula is C25H33BClF3N4O2. The zero-order valence-electron chi connectivity index (χ0n) is 21.3. The maximum atomic E-state index is 13.5. The van der Waals surface area contributed by atoms with Crippen LogP contribution in [0, 0.1) is 0 Å². The molecule has 0 spiro atoms. The van der Waals surface area contributed by atoms with E-state index in [2.05, 4.69) is 9.97 Å². The number of aromatic nitrogens is 2. The van der Waals surface area contributed by atoms with Crippen molar-refractivity contribution in [2.75, 3.05) is 4.90 Å². The molecule has 1 aliphatic heterocycles. The quantitative estimate of drug-likeness (QED) is 0.478. The fourth-order valence-corrected chi connectivity index (χ4v) is 5.05. The van der Waals surface area contributed by atoms with Crippen LogP contribution in [-0.4, -0.2) is 53.0 Å². The Balaban J connectivity index is 1.98. The van der Waals surface area contributed by atoms with Crippen molar-refractivity contribution in [3.05, 3.63) is 46.7 Å². The molecule has 1 aromatic heterocycles. The van der Waals surface area contributed by atoms with Gasteiger partial charge in [-0.3, -0.25) is 0 Å². The number of nitrogens with zero attached hydrogens (tertiary/aromatic N) is 4. The number of piperidine rings is 1. The van der Waals surface area contributed by atoms with Crippen LogP contribution in [0.25, 0.3) is 0 Å². The Bertz CT molecular complexity index is 1020. The summed E-state index contributed by atoms with van der Waals surface area (Å²) in [7, 11) is 1.87. The van der Waals surface area contributed by atoms with Crippen LogP contribution < -0.4 is 10.4 Å². The first-order valence-electron chi connectivity index (χ1n) is 12.3. The van der Waals surface area contributed by atoms with Gasteiger partial charge in [-0.1, -0.05) is 30.9 Å². The van der Waals surface area contributed by atoms with Crippen molar-refractivity contribution in [3.8, 4) is 0 Å². The Morgan fingerprint density at radius 1 is 1.17 bits per heavy atom. The van der Waals surface area contributed by atoms with Crippen LogP contribution in [-0.2, 0) is 17.5 Å². The van der Waals surface area contributed by atoms with Crippen LogP contribution in [0.4, 0.5) is 23.9 Å². The van der Waals surface area contributed by atoms with Crippen LogP contribution in [0.3, 0.4) is 0 Å². The molecule has 6 nitrogen and oxygen atoms in total. The highest BCUT2D eigenvalue weighted by molar-refractivity contribution is 6.31. The molecule has 36 heavy (non-hydrogen) atoms. The van der Waals surface area contributed by atoms with Gasteiger partial charge in [0.1, 0.15) is 7.85 Å². The number of hydrogen-bond acceptors (Lipinski definition) is 5. The molecule has 3 atom stereocenters. The first-order chi connectivity index (χ1) is 16.9. The third-order valence-corrected chi connectivity index (χ3v) is 6.69. The number of halogens is 4. The topological polar surface area (TPSA) is 58.6 Å². The molecule has 1 aromatic carbocycles. The SMILES string of the molecule is Bc1cnc(N(Cc2cc(Cl)cc(C(F)(F)F)c2)[C@H]2C[C@@H](CC)N(C(=O)OC(C)C)[C@@H](CC)C2)nc1. The number of rotatable bonds is 7. The fraction of sp³-hybridized carbons (Fsp3) is 0.560. The number of carbonyl (C=O) groups is 1. The maximum absolute atomic E-state index is 13.5. The highest BCUT2D eigenvalue weighted by atomic mass is 35.5. The third-order valence-electron chi connectivity index (χ3n) is 6.47. The Kier molecular flexibility index (Phi) is 9.14. The minimum Gasteiger partial charge on any atom is -0.447 e. The Morgan fingerprint density at radius 2 is 1.75 bits per heavy atom. The summed E-state index contributed by atoms with van der Waals surface area (Å²) in [6.07, 6.45) is 0.993. The number of carbonyl (C=O) groups excluding carboxylic acids is 1. The van der Waals surface area contributed by atoms with Crippen molar-refractivity contribution >= 4 is 37.0 Å². The second-order valence-electron chi connectivity index (χ2n) is 9.62. The number of anilines is 1. The summed E-state index contributed by atoms with van der Waals surface area (Å²) >= 11 is 6.07. The van der Waals surface area contributed by atoms with Gasteiger partial charge < -0.3 is 14.5 Å². The molecule has 0 bridgehead atoms. The Labute approximate surface area is 216 Å². The number of alkyl halides is 3. The Hall–Kier alpha value is -2.49. The van der Waals surface area contributed by atoms with Crippen LogP contribution >= 0.6 is 11.6 Å². The zero-order valence-corrected chi connectivity index (χ0v) is 22.1. The lowest BCUT2D eigenvalue weighted by Gasteiger charge is -2.47. The molecule has 1 fully saturated rings. The molecule has 0 saturated carbocycles. The fourth-order valence-electron chi connectivity index (χ4n) is 4.79. The summed E-state index contributed by atoms with van der Waals surface area (Å²) < 4.78 is 45.9. The summed E-state index contributed by atoms with van der Waals surface area (Å²) in [5, 5.41) is 0.0220. The lowest BCUT2D eigenvalue weighted by Crippen LogP contribution is -2.57. The average Bonchev–Trinajstić information content (AvgIpc) is 2.81. The predicted octanol–water partition coefficient (Wildman–Crippen LogP) is 4.98. The molecule has 11 heteroatoms. The zero-order chi connectivity index (χ0) is 26.6. The maximum Gasteiger partial charge on any atom is 0.416 e. The van der Waals surface area contributed by atoms with Gasteiger partial charge in [-0.05, 0) is 63.3 Å². The van der Waals surface area contributed by atoms with Gasteiger partial charge in [0.2, 0.25) is 5.95 Å². The van der Waals surface area contributed by atoms with Gasteiger partial charge in [-0.15, -0.1) is 0 Å². The average molecular weight is 525 g/mol. The van der Waals surface area contributed by atoms with E-state index in [0.29, 0.717) is 24.4 Å². The molecule has 0 aliphatic carbocycles. The molecule has 1 saturated heterocycles. The number of hydrogen-bond donors (Lipinski definition) is 0. The summed E-state index contributed by atoms with van der Waals surface area (Å²) in [4.78, 5) is 25.7. The molecule has 2 heterocycles. The van der Waals surface area contributed by atoms with E-state index in [0.717, 1.165) is 30.4 Å². The van der Waals surface area contributed by atoms with Gasteiger partial charge in [0.25, 0.3) is 0 Å². The normalized spacial score (nSPS) is 20.5. The van der Waals surface area contributed by atoms with E-state index in [1.165, 1.54) is 0 Å². The summed E-state index contributed by atoms with van der Waals surface area (Å²) in [6.45, 7) is 7.84. The molecule has 196 valence electrons. The third kappa shape index (κ3) is 6.84. The van der Waals surface area contributed by atoms with E-state index < -0.39 is 11.7 Å². The molecular weight excluding hydrogens is 492 g/mol. The molecule has 0 N–H and O–H groups in total. The van der Waals surface area contributed by atoms with E-state index in [9.17, 15) is 18.0 Å². The summed E-state index contributed by atoms with van der Waals surface area (Å²) in [5.41, 5.74) is 0.505. The highest BCUT2D eigenvalue weighted by Gasteiger charge is 2.41. The van der Waals surface area contributed by atoms with Crippen LogP contribution in [0.5, 0.6) is 0 Å². The molecule has 0 unspecified atom stereocenters. The monoisotopic (exact) mass is 524 g/mol. The largest absolute Gasteiger partial charge is 0.447 e. The minimum atomic E-state index is -4.51. The van der Waals surface area contributed by atoms with Crippen molar-refractivity contribution in [1.82, 2.24) is 14.9 Å². The first-order valence-corrected chi connectivity index (χ1v) is 12.7. The highest BCUT2D eigenvalue weighted by Crippen LogP contribution is 2.35. The van der Waals surface area contributed by atoms with E-state index in [-0.39, 0.29) is 41.9 Å². The van der Waals surface area contributed by atoms with Crippen molar-refractivity contribution < 1.29 is 22.7 Å². The Morgan fingerprint density at radius 3 is 2.25 bits per heavy atom.